The quantitative estimate of drug-likeness (QED) is 0.260. The van der Waals surface area contributed by atoms with Gasteiger partial charge in [0.1, 0.15) is 13.3 Å². The van der Waals surface area contributed by atoms with Crippen molar-refractivity contribution in [2.45, 2.75) is 6.92 Å². The summed E-state index contributed by atoms with van der Waals surface area (Å²) in [6.45, 7) is 5.89. The van der Waals surface area contributed by atoms with Crippen molar-refractivity contribution in [2.24, 2.45) is 0 Å². The lowest BCUT2D eigenvalue weighted by Crippen LogP contribution is -2.03. The average Bonchev–Trinajstić information content (AvgIpc) is 1.65. The smallest absolute Gasteiger partial charge is 0.223 e. The molecular formula is C4H8NO+. The fourth-order valence-corrected chi connectivity index (χ4v) is 0.0745. The second-order valence-electron chi connectivity index (χ2n) is 1.01. The molecule has 0 rings (SSSR count). The number of carbonyl (C=O) groups is 1. The third kappa shape index (κ3) is 1.64. The molecule has 0 saturated carbocycles. The highest BCUT2D eigenvalue weighted by Crippen LogP contribution is 1.55. The monoisotopic (exact) mass is 86.1 g/mol. The Morgan fingerprint density at radius 2 is 2.50 bits per heavy atom. The zero-order valence-electron chi connectivity index (χ0n) is 3.85. The first-order valence-corrected chi connectivity index (χ1v) is 1.83. The van der Waals surface area contributed by atoms with Crippen LogP contribution in [0.5, 0.6) is 0 Å². The maximum absolute atomic E-state index is 9.60. The highest BCUT2D eigenvalue weighted by atomic mass is 16.1. The van der Waals surface area contributed by atoms with Crippen LogP contribution in [0.15, 0.2) is 0 Å². The highest BCUT2D eigenvalue weighted by molar-refractivity contribution is 5.39. The van der Waals surface area contributed by atoms with E-state index in [4.69, 9.17) is 0 Å². The Hall–Kier alpha value is -0.660. The van der Waals surface area contributed by atoms with Crippen molar-refractivity contribution >= 4 is 13.1 Å². The minimum Gasteiger partial charge on any atom is -0.223 e. The molecule has 0 aromatic rings. The van der Waals surface area contributed by atoms with Gasteiger partial charge in [0.05, 0.1) is 0 Å². The molecule has 0 N–H and O–H groups in total. The first-order valence-electron chi connectivity index (χ1n) is 1.83. The van der Waals surface area contributed by atoms with E-state index in [9.17, 15) is 4.79 Å². The predicted octanol–water partition coefficient (Wildman–Crippen LogP) is -0.124. The van der Waals surface area contributed by atoms with Gasteiger partial charge in [-0.25, -0.2) is 4.79 Å². The second kappa shape index (κ2) is 2.57. The average molecular weight is 86.1 g/mol. The van der Waals surface area contributed by atoms with Crippen LogP contribution in [0.3, 0.4) is 0 Å². The van der Waals surface area contributed by atoms with Crippen molar-refractivity contribution in [3.63, 3.8) is 0 Å². The SMILES string of the molecule is C=[N+](C=O)CC. The summed E-state index contributed by atoms with van der Waals surface area (Å²) in [6, 6.07) is 0. The van der Waals surface area contributed by atoms with E-state index in [1.54, 1.807) is 0 Å². The van der Waals surface area contributed by atoms with Crippen LogP contribution in [0.25, 0.3) is 0 Å². The lowest BCUT2D eigenvalue weighted by atomic mass is 10.7. The largest absolute Gasteiger partial charge is 0.374 e. The summed E-state index contributed by atoms with van der Waals surface area (Å²) in [4.78, 5) is 9.60. The normalized spacial score (nSPS) is 7.50. The number of hydrogen-bond acceptors (Lipinski definition) is 1. The number of nitrogens with zero attached hydrogens (tertiary/aromatic N) is 1. The molecule has 0 aliphatic heterocycles. The maximum Gasteiger partial charge on any atom is 0.374 e. The van der Waals surface area contributed by atoms with Crippen molar-refractivity contribution in [2.75, 3.05) is 6.54 Å². The lowest BCUT2D eigenvalue weighted by molar-refractivity contribution is -0.420. The van der Waals surface area contributed by atoms with Gasteiger partial charge in [0.2, 0.25) is 0 Å². The van der Waals surface area contributed by atoms with E-state index in [0.29, 0.717) is 13.0 Å². The Morgan fingerprint density at radius 1 is 2.00 bits per heavy atom. The van der Waals surface area contributed by atoms with E-state index in [2.05, 4.69) is 6.72 Å². The molecule has 0 atom stereocenters. The molecule has 0 unspecified atom stereocenters. The van der Waals surface area contributed by atoms with E-state index in [1.807, 2.05) is 6.92 Å². The Bertz CT molecular complexity index is 67.9. The maximum atomic E-state index is 9.60. The molecule has 0 aliphatic carbocycles. The zero-order valence-corrected chi connectivity index (χ0v) is 3.85. The van der Waals surface area contributed by atoms with Crippen LogP contribution in [0.1, 0.15) is 6.92 Å². The summed E-state index contributed by atoms with van der Waals surface area (Å²) in [6.07, 6.45) is 0.694. The third-order valence-electron chi connectivity index (χ3n) is 0.555. The Labute approximate surface area is 37.1 Å². The minimum atomic E-state index is 0.684. The van der Waals surface area contributed by atoms with Crippen molar-refractivity contribution in [3.8, 4) is 0 Å². The van der Waals surface area contributed by atoms with Gasteiger partial charge in [-0.1, -0.05) is 0 Å². The van der Waals surface area contributed by atoms with Crippen LogP contribution in [0, 0.1) is 0 Å². The number of amides is 1. The zero-order chi connectivity index (χ0) is 4.99. The van der Waals surface area contributed by atoms with Gasteiger partial charge in [0, 0.05) is 0 Å². The summed E-state index contributed by atoms with van der Waals surface area (Å²) < 4.78 is 1.32. The Kier molecular flexibility index (Phi) is 2.29. The summed E-state index contributed by atoms with van der Waals surface area (Å²) in [5.41, 5.74) is 0. The molecular weight excluding hydrogens is 78.0 g/mol. The lowest BCUT2D eigenvalue weighted by Gasteiger charge is -1.75. The van der Waals surface area contributed by atoms with Crippen molar-refractivity contribution < 1.29 is 9.37 Å². The van der Waals surface area contributed by atoms with Gasteiger partial charge in [0.25, 0.3) is 0 Å². The van der Waals surface area contributed by atoms with E-state index < -0.39 is 0 Å². The number of carbonyl (C=O) groups excluding carboxylic acids is 1. The van der Waals surface area contributed by atoms with Crippen LogP contribution in [0.2, 0.25) is 0 Å². The molecule has 0 aromatic heterocycles. The molecule has 2 heteroatoms. The van der Waals surface area contributed by atoms with E-state index in [-0.39, 0.29) is 0 Å². The minimum absolute atomic E-state index is 0.684. The highest BCUT2D eigenvalue weighted by Gasteiger charge is 1.83. The van der Waals surface area contributed by atoms with Gasteiger partial charge in [-0.3, -0.25) is 0 Å². The van der Waals surface area contributed by atoms with Gasteiger partial charge in [-0.2, -0.15) is 4.58 Å². The van der Waals surface area contributed by atoms with Gasteiger partial charge >= 0.3 is 6.41 Å². The van der Waals surface area contributed by atoms with E-state index >= 15 is 0 Å². The topological polar surface area (TPSA) is 20.1 Å². The summed E-state index contributed by atoms with van der Waals surface area (Å²) in [5, 5.41) is 0. The second-order valence-corrected chi connectivity index (χ2v) is 1.01. The first-order chi connectivity index (χ1) is 2.81. The van der Waals surface area contributed by atoms with Gasteiger partial charge < -0.3 is 0 Å². The molecule has 2 nitrogen and oxygen atoms in total. The number of hydrogen-bond donors (Lipinski definition) is 0. The molecule has 0 aliphatic rings. The summed E-state index contributed by atoms with van der Waals surface area (Å²) >= 11 is 0. The van der Waals surface area contributed by atoms with Crippen LogP contribution < -0.4 is 0 Å². The molecule has 34 valence electrons. The molecule has 6 heavy (non-hydrogen) atoms. The van der Waals surface area contributed by atoms with Gasteiger partial charge in [0.15, 0.2) is 0 Å². The van der Waals surface area contributed by atoms with Crippen LogP contribution in [0.4, 0.5) is 0 Å². The summed E-state index contributed by atoms with van der Waals surface area (Å²) in [7, 11) is 0. The molecule has 0 saturated heterocycles. The van der Waals surface area contributed by atoms with Crippen LogP contribution in [-0.4, -0.2) is 24.2 Å². The molecule has 0 radical (unpaired) electrons. The van der Waals surface area contributed by atoms with Crippen molar-refractivity contribution in [1.82, 2.24) is 0 Å². The van der Waals surface area contributed by atoms with Gasteiger partial charge in [-0.15, -0.1) is 0 Å². The summed E-state index contributed by atoms with van der Waals surface area (Å²) in [5.74, 6) is 0. The van der Waals surface area contributed by atoms with Crippen molar-refractivity contribution in [3.05, 3.63) is 0 Å². The number of rotatable bonds is 2. The fraction of sp³-hybridized carbons (Fsp3) is 0.500. The Balaban J connectivity index is 3.23. The van der Waals surface area contributed by atoms with E-state index in [1.165, 1.54) is 4.58 Å². The molecule has 0 aromatic carbocycles. The molecule has 1 amide bonds. The van der Waals surface area contributed by atoms with Crippen LogP contribution >= 0.6 is 0 Å². The fourth-order valence-electron chi connectivity index (χ4n) is 0.0745. The first kappa shape index (κ1) is 5.34. The molecule has 0 heterocycles. The predicted molar refractivity (Wildman–Crippen MR) is 24.0 cm³/mol. The third-order valence-corrected chi connectivity index (χ3v) is 0.555. The van der Waals surface area contributed by atoms with Gasteiger partial charge in [-0.05, 0) is 6.92 Å². The molecule has 0 spiro atoms. The molecule has 0 fully saturated rings. The Morgan fingerprint density at radius 3 is 2.50 bits per heavy atom. The van der Waals surface area contributed by atoms with Crippen LogP contribution in [-0.2, 0) is 4.79 Å². The standard InChI is InChI=1S/C4H8NO/c1-3-5(2)4-6/h4H,2-3H2,1H3/q+1. The van der Waals surface area contributed by atoms with E-state index in [0.717, 1.165) is 0 Å². The van der Waals surface area contributed by atoms with Crippen molar-refractivity contribution in [1.29, 1.82) is 0 Å². The molecule has 0 bridgehead atoms.